The monoisotopic (exact) mass is 770 g/mol. The Hall–Kier alpha value is -0.538. The summed E-state index contributed by atoms with van der Waals surface area (Å²) in [5.74, 6) is 0. The fraction of sp³-hybridized carbons (Fsp3) is 0. The average Bonchev–Trinajstić information content (AvgIpc) is 3.72. The zero-order valence-corrected chi connectivity index (χ0v) is 28.5. The molecule has 0 fully saturated rings. The van der Waals surface area contributed by atoms with Gasteiger partial charge in [0.1, 0.15) is 0 Å². The van der Waals surface area contributed by atoms with E-state index in [1.165, 1.54) is 31.8 Å². The van der Waals surface area contributed by atoms with Crippen LogP contribution in [0.3, 0.4) is 0 Å². The second kappa shape index (κ2) is 21.2. The molecule has 0 aromatic heterocycles. The largest absolute Gasteiger partial charge is 2.00 e. The van der Waals surface area contributed by atoms with E-state index in [2.05, 4.69) is 170 Å². The summed E-state index contributed by atoms with van der Waals surface area (Å²) in [6, 6.07) is 60.5. The summed E-state index contributed by atoms with van der Waals surface area (Å²) in [6.07, 6.45) is 0. The first-order valence-corrected chi connectivity index (χ1v) is 19.1. The summed E-state index contributed by atoms with van der Waals surface area (Å²) in [6.45, 7) is 0. The van der Waals surface area contributed by atoms with E-state index < -0.39 is 15.8 Å². The summed E-state index contributed by atoms with van der Waals surface area (Å²) >= 11 is -0.106. The first kappa shape index (κ1) is 36.7. The van der Waals surface area contributed by atoms with Crippen LogP contribution in [0, 0.1) is 37.7 Å². The van der Waals surface area contributed by atoms with Crippen molar-refractivity contribution in [3.05, 3.63) is 170 Å². The van der Waals surface area contributed by atoms with E-state index in [0.717, 1.165) is 0 Å². The van der Waals surface area contributed by atoms with Crippen molar-refractivity contribution in [2.45, 2.75) is 0 Å². The maximum Gasteiger partial charge on any atom is 2.00 e. The minimum Gasteiger partial charge on any atom is -0.206 e. The van der Waals surface area contributed by atoms with Gasteiger partial charge < -0.3 is 0 Å². The molecule has 0 heterocycles. The van der Waals surface area contributed by atoms with Crippen LogP contribution >= 0.6 is 34.9 Å². The van der Waals surface area contributed by atoms with Crippen molar-refractivity contribution in [1.29, 1.82) is 0 Å². The normalized spacial score (nSPS) is 9.95. The Kier molecular flexibility index (Phi) is 19.0. The van der Waals surface area contributed by atoms with Gasteiger partial charge in [-0.2, -0.15) is 47.0 Å². The van der Waals surface area contributed by atoms with E-state index in [-0.39, 0.29) is 70.7 Å². The van der Waals surface area contributed by atoms with E-state index in [9.17, 15) is 0 Å². The number of halogens is 2. The van der Waals surface area contributed by atoms with Gasteiger partial charge in [-0.25, -0.2) is 12.1 Å². The molecule has 0 bridgehead atoms. The second-order valence-corrected chi connectivity index (χ2v) is 15.1. The van der Waals surface area contributed by atoms with Crippen LogP contribution in [0.5, 0.6) is 0 Å². The third-order valence-corrected chi connectivity index (χ3v) is 10.8. The molecule has 214 valence electrons. The van der Waals surface area contributed by atoms with Gasteiger partial charge in [-0.1, -0.05) is 137 Å². The standard InChI is InChI=1S/2C17H14P.Ar.2ClH.Fe.Pd/c2*1-3-9-15(10-4-1)18(17-13-7-8-14-17)16-11-5-2-6-12-16;;;;;/h2*1-14H;;2*1H;;/q2*-1;;;;2*+2/p-2. The molecule has 0 N–H and O–H groups in total. The summed E-state index contributed by atoms with van der Waals surface area (Å²) in [4.78, 5) is 0. The topological polar surface area (TPSA) is 0 Å². The molecule has 0 spiro atoms. The van der Waals surface area contributed by atoms with E-state index in [1.54, 1.807) is 0 Å². The molecule has 0 amide bonds. The number of hydrogen-bond acceptors (Lipinski definition) is 0. The van der Waals surface area contributed by atoms with Crippen molar-refractivity contribution in [3.8, 4) is 0 Å². The van der Waals surface area contributed by atoms with Crippen LogP contribution in [0.2, 0.25) is 0 Å². The van der Waals surface area contributed by atoms with Gasteiger partial charge in [-0.3, -0.25) is 0 Å². The van der Waals surface area contributed by atoms with Crippen LogP contribution in [-0.4, -0.2) is 0 Å². The Morgan fingerprint density at radius 2 is 0.659 bits per heavy atom. The summed E-state index contributed by atoms with van der Waals surface area (Å²) in [7, 11) is 8.81. The number of rotatable bonds is 6. The van der Waals surface area contributed by atoms with Gasteiger partial charge in [0.2, 0.25) is 0 Å². The van der Waals surface area contributed by atoms with Crippen LogP contribution in [-0.2, 0) is 33.0 Å². The molecule has 0 atom stereocenters. The van der Waals surface area contributed by atoms with Crippen molar-refractivity contribution in [2.75, 3.05) is 0 Å². The maximum absolute atomic E-state index is 4.81. The molecule has 0 unspecified atom stereocenters. The van der Waals surface area contributed by atoms with Gasteiger partial charge in [-0.15, -0.1) is 0 Å². The minimum atomic E-state index is -0.409. The van der Waals surface area contributed by atoms with Crippen molar-refractivity contribution < 1.29 is 70.7 Å². The Morgan fingerprint density at radius 3 is 0.854 bits per heavy atom. The molecule has 6 rings (SSSR count). The summed E-state index contributed by atoms with van der Waals surface area (Å²) in [5, 5.41) is 8.47. The molecule has 0 radical (unpaired) electrons. The van der Waals surface area contributed by atoms with Crippen LogP contribution < -0.4 is 31.8 Å². The van der Waals surface area contributed by atoms with E-state index in [0.29, 0.717) is 0 Å². The molecule has 6 aromatic rings. The molecular formula is C34H28ArCl2FeP2Pd. The molecule has 0 nitrogen and oxygen atoms in total. The molecule has 0 aliphatic rings. The molecule has 0 aliphatic heterocycles. The first-order valence-electron chi connectivity index (χ1n) is 12.4. The molecular weight excluding hydrogens is 743 g/mol. The average molecular weight is 772 g/mol. The van der Waals surface area contributed by atoms with Gasteiger partial charge in [0.15, 0.2) is 0 Å². The fourth-order valence-electron chi connectivity index (χ4n) is 4.23. The van der Waals surface area contributed by atoms with Gasteiger partial charge in [-0.05, 0) is 21.2 Å². The molecule has 41 heavy (non-hydrogen) atoms. The molecule has 7 heteroatoms. The molecule has 6 aromatic carbocycles. The van der Waals surface area contributed by atoms with Gasteiger partial charge in [0, 0.05) is 37.7 Å². The second-order valence-electron chi connectivity index (χ2n) is 8.34. The predicted molar refractivity (Wildman–Crippen MR) is 173 cm³/mol. The van der Waals surface area contributed by atoms with Crippen LogP contribution in [0.4, 0.5) is 0 Å². The SMILES string of the molecule is [Ar].[Cl][Pd][Cl].[Fe+2].c1ccc(P(c2ccccc2)c2cc[cH-]c2)cc1.c1ccc(P(c2ccccc2)c2cc[cH-]c2)cc1. The fourth-order valence-corrected chi connectivity index (χ4v) is 8.84. The predicted octanol–water partition coefficient (Wildman–Crippen LogP) is 7.70. The minimum absolute atomic E-state index is 0. The van der Waals surface area contributed by atoms with Crippen molar-refractivity contribution >= 4 is 66.7 Å². The number of benzene rings is 4. The smallest absolute Gasteiger partial charge is 0.206 e. The van der Waals surface area contributed by atoms with Crippen LogP contribution in [0.25, 0.3) is 0 Å². The summed E-state index contributed by atoms with van der Waals surface area (Å²) < 4.78 is 0. The van der Waals surface area contributed by atoms with E-state index >= 15 is 0 Å². The van der Waals surface area contributed by atoms with E-state index in [1.807, 2.05) is 0 Å². The quantitative estimate of drug-likeness (QED) is 0.0926. The summed E-state index contributed by atoms with van der Waals surface area (Å²) in [5.41, 5.74) is 0. The van der Waals surface area contributed by atoms with Gasteiger partial charge in [0.05, 0.1) is 0 Å². The van der Waals surface area contributed by atoms with Gasteiger partial charge >= 0.3 is 52.1 Å². The third-order valence-electron chi connectivity index (χ3n) is 5.86. The molecule has 0 saturated carbocycles. The molecule has 0 saturated heterocycles. The zero-order chi connectivity index (χ0) is 27.1. The Balaban J connectivity index is 0.000000251. The van der Waals surface area contributed by atoms with Crippen LogP contribution in [0.15, 0.2) is 170 Å². The maximum atomic E-state index is 4.81. The Labute approximate surface area is 303 Å². The van der Waals surface area contributed by atoms with E-state index in [4.69, 9.17) is 19.1 Å². The third kappa shape index (κ3) is 11.5. The van der Waals surface area contributed by atoms with Crippen molar-refractivity contribution in [1.82, 2.24) is 0 Å². The Bertz CT molecular complexity index is 1250. The number of hydrogen-bond donors (Lipinski definition) is 0. The van der Waals surface area contributed by atoms with Crippen LogP contribution in [0.1, 0.15) is 0 Å². The van der Waals surface area contributed by atoms with Crippen molar-refractivity contribution in [2.24, 2.45) is 0 Å². The Morgan fingerprint density at radius 1 is 0.415 bits per heavy atom. The van der Waals surface area contributed by atoms with Gasteiger partial charge in [0.25, 0.3) is 0 Å². The van der Waals surface area contributed by atoms with Crippen molar-refractivity contribution in [3.63, 3.8) is 0 Å². The zero-order valence-electron chi connectivity index (χ0n) is 21.8. The first-order chi connectivity index (χ1) is 19.3. The molecule has 0 aliphatic carbocycles.